The molecule has 0 aromatic rings. The Labute approximate surface area is 81.3 Å². The van der Waals surface area contributed by atoms with Crippen molar-refractivity contribution >= 4 is 0 Å². The minimum Gasteiger partial charge on any atom is -0.315 e. The van der Waals surface area contributed by atoms with Crippen molar-refractivity contribution in [3.05, 3.63) is 0 Å². The van der Waals surface area contributed by atoms with Crippen LogP contribution in [0, 0.1) is 23.2 Å². The zero-order chi connectivity index (χ0) is 9.52. The van der Waals surface area contributed by atoms with Gasteiger partial charge in [0.05, 0.1) is 12.0 Å². The van der Waals surface area contributed by atoms with Gasteiger partial charge in [-0.2, -0.15) is 5.26 Å². The second-order valence-electron chi connectivity index (χ2n) is 4.02. The van der Waals surface area contributed by atoms with E-state index in [4.69, 9.17) is 5.26 Å². The summed E-state index contributed by atoms with van der Waals surface area (Å²) in [7, 11) is 0. The number of nitrogens with one attached hydrogen (secondary N) is 1. The Bertz CT molecular complexity index is 167. The van der Waals surface area contributed by atoms with E-state index < -0.39 is 0 Å². The average Bonchev–Trinajstić information content (AvgIpc) is 2.08. The highest BCUT2D eigenvalue weighted by atomic mass is 14.9. The van der Waals surface area contributed by atoms with Gasteiger partial charge in [0.1, 0.15) is 0 Å². The van der Waals surface area contributed by atoms with Gasteiger partial charge in [0.15, 0.2) is 0 Å². The maximum Gasteiger partial charge on any atom is 0.0669 e. The zero-order valence-corrected chi connectivity index (χ0v) is 8.55. The summed E-state index contributed by atoms with van der Waals surface area (Å²) in [5.41, 5.74) is 0. The smallest absolute Gasteiger partial charge is 0.0669 e. The van der Waals surface area contributed by atoms with E-state index in [1.54, 1.807) is 0 Å². The summed E-state index contributed by atoms with van der Waals surface area (Å²) in [4.78, 5) is 0. The van der Waals surface area contributed by atoms with Gasteiger partial charge >= 0.3 is 0 Å². The van der Waals surface area contributed by atoms with Crippen molar-refractivity contribution in [1.29, 1.82) is 5.26 Å². The fraction of sp³-hybridized carbons (Fsp3) is 0.909. The number of hydrogen-bond acceptors (Lipinski definition) is 2. The van der Waals surface area contributed by atoms with Crippen LogP contribution in [0.2, 0.25) is 0 Å². The molecule has 0 amide bonds. The third-order valence-electron chi connectivity index (χ3n) is 3.02. The van der Waals surface area contributed by atoms with E-state index in [0.29, 0.717) is 0 Å². The molecule has 0 aromatic carbocycles. The maximum absolute atomic E-state index is 8.70. The summed E-state index contributed by atoms with van der Waals surface area (Å²) in [6, 6.07) is 2.31. The van der Waals surface area contributed by atoms with Crippen LogP contribution >= 0.6 is 0 Å². The molecule has 1 fully saturated rings. The summed E-state index contributed by atoms with van der Waals surface area (Å²) < 4.78 is 0. The first-order chi connectivity index (χ1) is 6.36. The number of hydrogen-bond donors (Lipinski definition) is 1. The molecule has 1 aliphatic rings. The van der Waals surface area contributed by atoms with Crippen LogP contribution in [0.1, 0.15) is 39.0 Å². The van der Waals surface area contributed by atoms with E-state index >= 15 is 0 Å². The normalized spacial score (nSPS) is 19.1. The van der Waals surface area contributed by atoms with Crippen molar-refractivity contribution in [1.82, 2.24) is 5.32 Å². The largest absolute Gasteiger partial charge is 0.315 e. The Kier molecular flexibility index (Phi) is 4.85. The van der Waals surface area contributed by atoms with Gasteiger partial charge in [0.25, 0.3) is 0 Å². The van der Waals surface area contributed by atoms with Crippen molar-refractivity contribution < 1.29 is 0 Å². The van der Waals surface area contributed by atoms with Crippen LogP contribution in [0.25, 0.3) is 0 Å². The summed E-state index contributed by atoms with van der Waals surface area (Å²) in [5.74, 6) is 1.19. The summed E-state index contributed by atoms with van der Waals surface area (Å²) in [6.45, 7) is 4.05. The Morgan fingerprint density at radius 1 is 1.54 bits per heavy atom. The molecule has 1 saturated carbocycles. The van der Waals surface area contributed by atoms with Crippen LogP contribution in [0.5, 0.6) is 0 Å². The zero-order valence-electron chi connectivity index (χ0n) is 8.55. The van der Waals surface area contributed by atoms with Crippen molar-refractivity contribution in [2.75, 3.05) is 13.1 Å². The molecule has 1 rings (SSSR count). The molecule has 0 saturated heterocycles. The molecule has 74 valence electrons. The van der Waals surface area contributed by atoms with Crippen LogP contribution in [0.15, 0.2) is 0 Å². The van der Waals surface area contributed by atoms with Crippen molar-refractivity contribution in [3.8, 4) is 6.07 Å². The van der Waals surface area contributed by atoms with E-state index in [0.717, 1.165) is 25.4 Å². The molecule has 1 aliphatic carbocycles. The Balaban J connectivity index is 1.90. The highest BCUT2D eigenvalue weighted by Gasteiger charge is 2.16. The first-order valence-electron chi connectivity index (χ1n) is 5.47. The van der Waals surface area contributed by atoms with Crippen molar-refractivity contribution in [3.63, 3.8) is 0 Å². The van der Waals surface area contributed by atoms with Gasteiger partial charge in [-0.05, 0) is 25.3 Å². The molecule has 1 unspecified atom stereocenters. The third-order valence-corrected chi connectivity index (χ3v) is 3.02. The molecule has 0 heterocycles. The van der Waals surface area contributed by atoms with Gasteiger partial charge < -0.3 is 5.32 Å². The highest BCUT2D eigenvalue weighted by molar-refractivity contribution is 4.83. The standard InChI is InChI=1S/C11H20N2/c1-2-10(8-12)9-13-7-6-11-4-3-5-11/h10-11,13H,2-7,9H2,1H3. The lowest BCUT2D eigenvalue weighted by Crippen LogP contribution is -2.25. The van der Waals surface area contributed by atoms with Crippen molar-refractivity contribution in [2.24, 2.45) is 11.8 Å². The lowest BCUT2D eigenvalue weighted by Gasteiger charge is -2.25. The predicted octanol–water partition coefficient (Wildman–Crippen LogP) is 2.32. The summed E-state index contributed by atoms with van der Waals surface area (Å²) in [5, 5.41) is 12.1. The second-order valence-corrected chi connectivity index (χ2v) is 4.02. The third kappa shape index (κ3) is 3.78. The van der Waals surface area contributed by atoms with Gasteiger partial charge in [-0.3, -0.25) is 0 Å². The van der Waals surface area contributed by atoms with Crippen LogP contribution in [-0.2, 0) is 0 Å². The quantitative estimate of drug-likeness (QED) is 0.637. The summed E-state index contributed by atoms with van der Waals surface area (Å²) >= 11 is 0. The number of nitriles is 1. The van der Waals surface area contributed by atoms with E-state index in [2.05, 4.69) is 18.3 Å². The SMILES string of the molecule is CCC(C#N)CNCCC1CCC1. The molecule has 0 radical (unpaired) electrons. The van der Waals surface area contributed by atoms with E-state index in [1.807, 2.05) is 0 Å². The van der Waals surface area contributed by atoms with Gasteiger partial charge in [-0.1, -0.05) is 26.2 Å². The minimum absolute atomic E-state index is 0.210. The molecule has 1 atom stereocenters. The fourth-order valence-electron chi connectivity index (χ4n) is 1.65. The highest BCUT2D eigenvalue weighted by Crippen LogP contribution is 2.28. The van der Waals surface area contributed by atoms with E-state index in [1.165, 1.54) is 25.7 Å². The molecular weight excluding hydrogens is 160 g/mol. The van der Waals surface area contributed by atoms with E-state index in [9.17, 15) is 0 Å². The molecule has 13 heavy (non-hydrogen) atoms. The molecule has 0 aliphatic heterocycles. The van der Waals surface area contributed by atoms with Crippen molar-refractivity contribution in [2.45, 2.75) is 39.0 Å². The monoisotopic (exact) mass is 180 g/mol. The Morgan fingerprint density at radius 2 is 2.31 bits per heavy atom. The predicted molar refractivity (Wildman–Crippen MR) is 54.2 cm³/mol. The van der Waals surface area contributed by atoms with Gasteiger partial charge in [-0.25, -0.2) is 0 Å². The van der Waals surface area contributed by atoms with Gasteiger partial charge in [0, 0.05) is 6.54 Å². The molecule has 2 nitrogen and oxygen atoms in total. The van der Waals surface area contributed by atoms with Crippen LogP contribution in [0.3, 0.4) is 0 Å². The number of rotatable bonds is 6. The fourth-order valence-corrected chi connectivity index (χ4v) is 1.65. The van der Waals surface area contributed by atoms with E-state index in [-0.39, 0.29) is 5.92 Å². The lowest BCUT2D eigenvalue weighted by atomic mass is 9.83. The number of nitrogens with zero attached hydrogens (tertiary/aromatic N) is 1. The molecule has 0 spiro atoms. The second kappa shape index (κ2) is 5.99. The Hall–Kier alpha value is -0.550. The minimum atomic E-state index is 0.210. The molecule has 2 heteroatoms. The van der Waals surface area contributed by atoms with Crippen LogP contribution in [-0.4, -0.2) is 13.1 Å². The first-order valence-corrected chi connectivity index (χ1v) is 5.47. The van der Waals surface area contributed by atoms with Crippen LogP contribution < -0.4 is 5.32 Å². The molecule has 1 N–H and O–H groups in total. The van der Waals surface area contributed by atoms with Gasteiger partial charge in [0.2, 0.25) is 0 Å². The van der Waals surface area contributed by atoms with Crippen LogP contribution in [0.4, 0.5) is 0 Å². The molecule has 0 aromatic heterocycles. The lowest BCUT2D eigenvalue weighted by molar-refractivity contribution is 0.291. The first kappa shape index (κ1) is 10.5. The maximum atomic E-state index is 8.70. The molecular formula is C11H20N2. The van der Waals surface area contributed by atoms with Gasteiger partial charge in [-0.15, -0.1) is 0 Å². The average molecular weight is 180 g/mol. The topological polar surface area (TPSA) is 35.8 Å². The summed E-state index contributed by atoms with van der Waals surface area (Å²) in [6.07, 6.45) is 6.56. The molecule has 0 bridgehead atoms. The Morgan fingerprint density at radius 3 is 2.77 bits per heavy atom.